The second-order valence-corrected chi connectivity index (χ2v) is 10.9. The number of amides is 2. The molecule has 0 aliphatic rings. The number of anilines is 1. The quantitative estimate of drug-likeness (QED) is 0.468. The van der Waals surface area contributed by atoms with Gasteiger partial charge in [0.05, 0.1) is 11.9 Å². The second-order valence-electron chi connectivity index (χ2n) is 7.73. The molecule has 0 fully saturated rings. The van der Waals surface area contributed by atoms with Crippen molar-refractivity contribution in [2.75, 3.05) is 23.7 Å². The maximum absolute atomic E-state index is 13.6. The number of carbonyl (C=O) groups is 2. The van der Waals surface area contributed by atoms with Gasteiger partial charge in [0.15, 0.2) is 0 Å². The molecule has 2 rings (SSSR count). The van der Waals surface area contributed by atoms with Gasteiger partial charge in [-0.1, -0.05) is 53.9 Å². The minimum absolute atomic E-state index is 0.00337. The van der Waals surface area contributed by atoms with Gasteiger partial charge in [-0.2, -0.15) is 0 Å². The smallest absolute Gasteiger partial charge is 0.244 e. The number of rotatable bonds is 10. The maximum Gasteiger partial charge on any atom is 0.244 e. The number of hydrogen-bond acceptors (Lipinski definition) is 4. The lowest BCUT2D eigenvalue weighted by atomic mass is 10.1. The van der Waals surface area contributed by atoms with Gasteiger partial charge in [-0.3, -0.25) is 13.9 Å². The summed E-state index contributed by atoms with van der Waals surface area (Å²) >= 11 is 18.5. The van der Waals surface area contributed by atoms with Gasteiger partial charge in [0.2, 0.25) is 21.8 Å². The summed E-state index contributed by atoms with van der Waals surface area (Å²) in [6.45, 7) is 5.10. The first-order valence-electron chi connectivity index (χ1n) is 10.6. The molecular formula is C23H28Cl3N3O4S. The summed E-state index contributed by atoms with van der Waals surface area (Å²) < 4.78 is 26.3. The molecular weight excluding hydrogens is 521 g/mol. The number of likely N-dealkylation sites (N-methyl/N-ethyl adjacent to an activating group) is 1. The Labute approximate surface area is 216 Å². The number of hydrogen-bond donors (Lipinski definition) is 1. The number of nitrogens with one attached hydrogen (secondary N) is 1. The van der Waals surface area contributed by atoms with E-state index in [2.05, 4.69) is 5.32 Å². The molecule has 2 aromatic carbocycles. The van der Waals surface area contributed by atoms with Crippen molar-refractivity contribution in [1.29, 1.82) is 0 Å². The van der Waals surface area contributed by atoms with Crippen molar-refractivity contribution in [3.05, 3.63) is 62.6 Å². The topological polar surface area (TPSA) is 86.8 Å². The van der Waals surface area contributed by atoms with Crippen molar-refractivity contribution in [3.63, 3.8) is 0 Å². The Morgan fingerprint density at radius 3 is 2.29 bits per heavy atom. The van der Waals surface area contributed by atoms with Crippen LogP contribution in [0.4, 0.5) is 5.69 Å². The lowest BCUT2D eigenvalue weighted by Gasteiger charge is -2.33. The molecule has 1 atom stereocenters. The van der Waals surface area contributed by atoms with E-state index in [1.807, 2.05) is 0 Å². The molecule has 0 spiro atoms. The average Bonchev–Trinajstić information content (AvgIpc) is 2.75. The Kier molecular flexibility index (Phi) is 10.1. The number of halogens is 3. The molecule has 2 aromatic rings. The van der Waals surface area contributed by atoms with Crippen molar-refractivity contribution in [3.8, 4) is 0 Å². The fraction of sp³-hybridized carbons (Fsp3) is 0.391. The first-order chi connectivity index (χ1) is 15.9. The molecule has 2 amide bonds. The number of carbonyl (C=O) groups excluding carboxylic acids is 2. The van der Waals surface area contributed by atoms with E-state index in [1.54, 1.807) is 57.2 Å². The number of benzene rings is 2. The third-order valence-electron chi connectivity index (χ3n) is 5.28. The summed E-state index contributed by atoms with van der Waals surface area (Å²) in [7, 11) is -3.85. The molecule has 1 unspecified atom stereocenters. The Hall–Kier alpha value is -2.00. The molecule has 0 aliphatic heterocycles. The molecule has 1 N–H and O–H groups in total. The van der Waals surface area contributed by atoms with Gasteiger partial charge in [-0.05, 0) is 55.7 Å². The fourth-order valence-corrected chi connectivity index (χ4v) is 5.04. The van der Waals surface area contributed by atoms with Crippen LogP contribution in [-0.2, 0) is 26.2 Å². The molecule has 0 bridgehead atoms. The third-order valence-corrected chi connectivity index (χ3v) is 7.40. The van der Waals surface area contributed by atoms with E-state index in [-0.39, 0.29) is 12.5 Å². The van der Waals surface area contributed by atoms with Gasteiger partial charge in [0.25, 0.3) is 0 Å². The Bertz CT molecular complexity index is 1160. The highest BCUT2D eigenvalue weighted by Crippen LogP contribution is 2.29. The molecule has 186 valence electrons. The predicted octanol–water partition coefficient (Wildman–Crippen LogP) is 4.66. The van der Waals surface area contributed by atoms with Crippen LogP contribution in [0, 0.1) is 6.92 Å². The van der Waals surface area contributed by atoms with Gasteiger partial charge >= 0.3 is 0 Å². The van der Waals surface area contributed by atoms with Gasteiger partial charge in [0, 0.05) is 28.2 Å². The summed E-state index contributed by atoms with van der Waals surface area (Å²) in [6.07, 6.45) is 1.33. The standard InChI is InChI=1S/C23H28Cl3N3O4S/c1-5-20(23(31)27-6-2)28(13-16-10-11-17(24)12-19(16)26)22(30)14-29(34(4,32)33)21-9-7-8-18(25)15(21)3/h7-12,20H,5-6,13-14H2,1-4H3,(H,27,31). The van der Waals surface area contributed by atoms with Crippen LogP contribution in [0.5, 0.6) is 0 Å². The third kappa shape index (κ3) is 7.01. The Morgan fingerprint density at radius 1 is 1.06 bits per heavy atom. The SMILES string of the molecule is CCNC(=O)C(CC)N(Cc1ccc(Cl)cc1Cl)C(=O)CN(c1cccc(Cl)c1C)S(C)(=O)=O. The van der Waals surface area contributed by atoms with Crippen molar-refractivity contribution in [1.82, 2.24) is 10.2 Å². The highest BCUT2D eigenvalue weighted by molar-refractivity contribution is 7.92. The lowest BCUT2D eigenvalue weighted by Crippen LogP contribution is -2.52. The van der Waals surface area contributed by atoms with Gasteiger partial charge < -0.3 is 10.2 Å². The average molecular weight is 549 g/mol. The monoisotopic (exact) mass is 547 g/mol. The van der Waals surface area contributed by atoms with Gasteiger partial charge in [0.1, 0.15) is 12.6 Å². The zero-order valence-electron chi connectivity index (χ0n) is 19.4. The highest BCUT2D eigenvalue weighted by Gasteiger charge is 2.32. The summed E-state index contributed by atoms with van der Waals surface area (Å²) in [5.41, 5.74) is 1.39. The van der Waals surface area contributed by atoms with Crippen LogP contribution in [0.25, 0.3) is 0 Å². The predicted molar refractivity (Wildman–Crippen MR) is 138 cm³/mol. The van der Waals surface area contributed by atoms with Crippen molar-refractivity contribution >= 4 is 62.3 Å². The van der Waals surface area contributed by atoms with Gasteiger partial charge in [-0.25, -0.2) is 8.42 Å². The largest absolute Gasteiger partial charge is 0.355 e. The fourth-order valence-electron chi connectivity index (χ4n) is 3.51. The van der Waals surface area contributed by atoms with E-state index < -0.39 is 28.5 Å². The van der Waals surface area contributed by atoms with Crippen LogP contribution in [0.1, 0.15) is 31.4 Å². The minimum atomic E-state index is -3.85. The van der Waals surface area contributed by atoms with Crippen LogP contribution in [0.2, 0.25) is 15.1 Å². The van der Waals surface area contributed by atoms with Crippen molar-refractivity contribution in [2.24, 2.45) is 0 Å². The Balaban J connectivity index is 2.51. The number of sulfonamides is 1. The Morgan fingerprint density at radius 2 is 1.74 bits per heavy atom. The van der Waals surface area contributed by atoms with Crippen molar-refractivity contribution in [2.45, 2.75) is 39.8 Å². The van der Waals surface area contributed by atoms with E-state index in [0.717, 1.165) is 10.6 Å². The van der Waals surface area contributed by atoms with E-state index in [0.29, 0.717) is 44.8 Å². The number of nitrogens with zero attached hydrogens (tertiary/aromatic N) is 2. The highest BCUT2D eigenvalue weighted by atomic mass is 35.5. The molecule has 0 aliphatic carbocycles. The second kappa shape index (κ2) is 12.1. The van der Waals surface area contributed by atoms with E-state index >= 15 is 0 Å². The molecule has 7 nitrogen and oxygen atoms in total. The van der Waals surface area contributed by atoms with Crippen molar-refractivity contribution < 1.29 is 18.0 Å². The summed E-state index contributed by atoms with van der Waals surface area (Å²) in [6, 6.07) is 8.85. The van der Waals surface area contributed by atoms with E-state index in [4.69, 9.17) is 34.8 Å². The lowest BCUT2D eigenvalue weighted by molar-refractivity contribution is -0.140. The molecule has 0 heterocycles. The maximum atomic E-state index is 13.6. The summed E-state index contributed by atoms with van der Waals surface area (Å²) in [5.74, 6) is -0.901. The van der Waals surface area contributed by atoms with Gasteiger partial charge in [-0.15, -0.1) is 0 Å². The van der Waals surface area contributed by atoms with Crippen LogP contribution >= 0.6 is 34.8 Å². The first kappa shape index (κ1) is 28.2. The van der Waals surface area contributed by atoms with Crippen LogP contribution < -0.4 is 9.62 Å². The van der Waals surface area contributed by atoms with E-state index in [9.17, 15) is 18.0 Å². The normalized spacial score (nSPS) is 12.2. The summed E-state index contributed by atoms with van der Waals surface area (Å²) in [5, 5.41) is 3.88. The van der Waals surface area contributed by atoms with Crippen LogP contribution in [0.3, 0.4) is 0 Å². The zero-order chi connectivity index (χ0) is 25.6. The van der Waals surface area contributed by atoms with Crippen LogP contribution in [-0.4, -0.2) is 50.5 Å². The summed E-state index contributed by atoms with van der Waals surface area (Å²) in [4.78, 5) is 27.7. The molecule has 0 aromatic heterocycles. The first-order valence-corrected chi connectivity index (χ1v) is 13.6. The molecule has 11 heteroatoms. The zero-order valence-corrected chi connectivity index (χ0v) is 22.5. The molecule has 0 radical (unpaired) electrons. The molecule has 34 heavy (non-hydrogen) atoms. The minimum Gasteiger partial charge on any atom is -0.355 e. The molecule has 0 saturated carbocycles. The van der Waals surface area contributed by atoms with Crippen LogP contribution in [0.15, 0.2) is 36.4 Å². The molecule has 0 saturated heterocycles. The van der Waals surface area contributed by atoms with E-state index in [1.165, 1.54) is 4.90 Å².